The van der Waals surface area contributed by atoms with Gasteiger partial charge >= 0.3 is 5.97 Å². The van der Waals surface area contributed by atoms with Crippen molar-refractivity contribution >= 4 is 17.8 Å². The van der Waals surface area contributed by atoms with Gasteiger partial charge < -0.3 is 4.84 Å². The third-order valence-electron chi connectivity index (χ3n) is 3.96. The van der Waals surface area contributed by atoms with E-state index < -0.39 is 17.8 Å². The lowest BCUT2D eigenvalue weighted by Gasteiger charge is -2.13. The van der Waals surface area contributed by atoms with Crippen LogP contribution in [-0.2, 0) is 4.84 Å². The van der Waals surface area contributed by atoms with Gasteiger partial charge in [-0.05, 0) is 53.2 Å². The Morgan fingerprint density at radius 3 is 2.31 bits per heavy atom. The summed E-state index contributed by atoms with van der Waals surface area (Å²) in [5.74, 6) is -2.15. The van der Waals surface area contributed by atoms with Gasteiger partial charge in [0.1, 0.15) is 6.33 Å². The van der Waals surface area contributed by atoms with Crippen molar-refractivity contribution in [2.75, 3.05) is 0 Å². The summed E-state index contributed by atoms with van der Waals surface area (Å²) in [6.07, 6.45) is 1.43. The molecular weight excluding hydrogens is 338 g/mol. The molecule has 9 heteroatoms. The Kier molecular flexibility index (Phi) is 3.54. The van der Waals surface area contributed by atoms with Crippen LogP contribution < -0.4 is 0 Å². The molecule has 2 amide bonds. The van der Waals surface area contributed by atoms with Crippen molar-refractivity contribution in [3.8, 4) is 5.69 Å². The summed E-state index contributed by atoms with van der Waals surface area (Å²) in [5.41, 5.74) is 2.00. The van der Waals surface area contributed by atoms with Gasteiger partial charge in [-0.1, -0.05) is 17.2 Å². The Morgan fingerprint density at radius 2 is 1.73 bits per heavy atom. The molecular formula is C17H11N5O4. The molecule has 128 valence electrons. The number of tetrazole rings is 1. The minimum atomic E-state index is -0.814. The van der Waals surface area contributed by atoms with E-state index in [0.717, 1.165) is 0 Å². The highest BCUT2D eigenvalue weighted by Gasteiger charge is 2.38. The van der Waals surface area contributed by atoms with Crippen LogP contribution in [0, 0.1) is 6.92 Å². The van der Waals surface area contributed by atoms with Crippen LogP contribution in [0.25, 0.3) is 5.69 Å². The molecule has 4 rings (SSSR count). The van der Waals surface area contributed by atoms with Crippen molar-refractivity contribution in [1.29, 1.82) is 0 Å². The van der Waals surface area contributed by atoms with Crippen LogP contribution in [0.2, 0.25) is 0 Å². The Morgan fingerprint density at radius 1 is 1.04 bits per heavy atom. The SMILES string of the molecule is Cc1cc(C(=O)ON2C(=O)c3ccccc3C2=O)ccc1-n1cnnn1. The molecule has 3 aromatic rings. The summed E-state index contributed by atoms with van der Waals surface area (Å²) in [5, 5.41) is 11.4. The summed E-state index contributed by atoms with van der Waals surface area (Å²) < 4.78 is 1.45. The van der Waals surface area contributed by atoms with E-state index in [-0.39, 0.29) is 16.7 Å². The van der Waals surface area contributed by atoms with E-state index in [0.29, 0.717) is 16.3 Å². The van der Waals surface area contributed by atoms with E-state index in [1.54, 1.807) is 31.2 Å². The molecule has 1 aromatic heterocycles. The van der Waals surface area contributed by atoms with E-state index in [9.17, 15) is 14.4 Å². The Bertz CT molecular complexity index is 1010. The number of nitrogens with zero attached hydrogens (tertiary/aromatic N) is 5. The van der Waals surface area contributed by atoms with Gasteiger partial charge in [0.05, 0.1) is 22.4 Å². The average molecular weight is 349 g/mol. The molecule has 0 N–H and O–H groups in total. The van der Waals surface area contributed by atoms with Crippen LogP contribution in [0.1, 0.15) is 36.6 Å². The highest BCUT2D eigenvalue weighted by atomic mass is 16.7. The molecule has 2 aromatic carbocycles. The smallest absolute Gasteiger partial charge is 0.324 e. The third kappa shape index (κ3) is 2.42. The molecule has 9 nitrogen and oxygen atoms in total. The quantitative estimate of drug-likeness (QED) is 0.657. The molecule has 26 heavy (non-hydrogen) atoms. The Balaban J connectivity index is 1.57. The lowest BCUT2D eigenvalue weighted by molar-refractivity contribution is -0.0584. The molecule has 0 spiro atoms. The van der Waals surface area contributed by atoms with Gasteiger partial charge in [-0.2, -0.15) is 0 Å². The van der Waals surface area contributed by atoms with Crippen LogP contribution in [0.3, 0.4) is 0 Å². The second-order valence-corrected chi connectivity index (χ2v) is 5.58. The van der Waals surface area contributed by atoms with Crippen LogP contribution in [-0.4, -0.2) is 43.1 Å². The maximum atomic E-state index is 12.4. The first-order valence-electron chi connectivity index (χ1n) is 7.60. The van der Waals surface area contributed by atoms with E-state index in [1.807, 2.05) is 0 Å². The number of hydroxylamine groups is 2. The predicted molar refractivity (Wildman–Crippen MR) is 86.2 cm³/mol. The monoisotopic (exact) mass is 349 g/mol. The minimum absolute atomic E-state index is 0.191. The first-order valence-corrected chi connectivity index (χ1v) is 7.60. The normalized spacial score (nSPS) is 13.0. The zero-order valence-electron chi connectivity index (χ0n) is 13.5. The lowest BCUT2D eigenvalue weighted by Crippen LogP contribution is -2.32. The number of hydrogen-bond donors (Lipinski definition) is 0. The number of amides is 2. The van der Waals surface area contributed by atoms with Gasteiger partial charge in [-0.25, -0.2) is 9.48 Å². The highest BCUT2D eigenvalue weighted by Crippen LogP contribution is 2.24. The molecule has 0 bridgehead atoms. The first-order chi connectivity index (χ1) is 12.6. The fraction of sp³-hybridized carbons (Fsp3) is 0.0588. The number of carbonyl (C=O) groups excluding carboxylic acids is 3. The predicted octanol–water partition coefficient (Wildman–Crippen LogP) is 1.34. The van der Waals surface area contributed by atoms with Crippen LogP contribution >= 0.6 is 0 Å². The minimum Gasteiger partial charge on any atom is -0.324 e. The number of benzene rings is 2. The molecule has 0 saturated carbocycles. The van der Waals surface area contributed by atoms with E-state index in [1.165, 1.54) is 29.2 Å². The lowest BCUT2D eigenvalue weighted by atomic mass is 10.1. The third-order valence-corrected chi connectivity index (χ3v) is 3.96. The van der Waals surface area contributed by atoms with Crippen molar-refractivity contribution in [3.63, 3.8) is 0 Å². The molecule has 0 unspecified atom stereocenters. The summed E-state index contributed by atoms with van der Waals surface area (Å²) in [6.45, 7) is 1.77. The Labute approximate surface area is 146 Å². The standard InChI is InChI=1S/C17H11N5O4/c1-10-8-11(6-7-14(10)21-9-18-19-20-21)17(25)26-22-15(23)12-4-2-3-5-13(12)16(22)24/h2-9H,1H3. The summed E-state index contributed by atoms with van der Waals surface area (Å²) in [6, 6.07) is 11.0. The maximum absolute atomic E-state index is 12.4. The van der Waals surface area contributed by atoms with Crippen molar-refractivity contribution in [1.82, 2.24) is 25.3 Å². The zero-order chi connectivity index (χ0) is 18.3. The van der Waals surface area contributed by atoms with Crippen molar-refractivity contribution in [2.45, 2.75) is 6.92 Å². The molecule has 0 fully saturated rings. The van der Waals surface area contributed by atoms with E-state index in [4.69, 9.17) is 4.84 Å². The molecule has 0 aliphatic carbocycles. The number of aryl methyl sites for hydroxylation is 1. The number of rotatable bonds is 3. The number of imide groups is 1. The second kappa shape index (κ2) is 5.88. The van der Waals surface area contributed by atoms with Gasteiger partial charge in [0.25, 0.3) is 11.8 Å². The molecule has 0 radical (unpaired) electrons. The van der Waals surface area contributed by atoms with Crippen molar-refractivity contribution in [2.24, 2.45) is 0 Å². The molecule has 0 atom stereocenters. The van der Waals surface area contributed by atoms with Gasteiger partial charge in [-0.3, -0.25) is 9.59 Å². The van der Waals surface area contributed by atoms with Crippen molar-refractivity contribution < 1.29 is 19.2 Å². The van der Waals surface area contributed by atoms with Gasteiger partial charge in [0.2, 0.25) is 0 Å². The summed E-state index contributed by atoms with van der Waals surface area (Å²) >= 11 is 0. The van der Waals surface area contributed by atoms with Crippen LogP contribution in [0.4, 0.5) is 0 Å². The summed E-state index contributed by atoms with van der Waals surface area (Å²) in [7, 11) is 0. The number of carbonyl (C=O) groups is 3. The second-order valence-electron chi connectivity index (χ2n) is 5.58. The maximum Gasteiger partial charge on any atom is 0.363 e. The average Bonchev–Trinajstić information content (AvgIpc) is 3.26. The van der Waals surface area contributed by atoms with Gasteiger partial charge in [0, 0.05) is 0 Å². The topological polar surface area (TPSA) is 107 Å². The number of aromatic nitrogens is 4. The molecule has 0 saturated heterocycles. The fourth-order valence-corrected chi connectivity index (χ4v) is 2.70. The van der Waals surface area contributed by atoms with Gasteiger partial charge in [-0.15, -0.1) is 5.10 Å². The molecule has 1 aliphatic heterocycles. The number of fused-ring (bicyclic) bond motifs is 1. The van der Waals surface area contributed by atoms with E-state index in [2.05, 4.69) is 15.5 Å². The molecule has 2 heterocycles. The highest BCUT2D eigenvalue weighted by molar-refractivity contribution is 6.21. The Hall–Kier alpha value is -3.88. The van der Waals surface area contributed by atoms with Crippen LogP contribution in [0.15, 0.2) is 48.8 Å². The van der Waals surface area contributed by atoms with E-state index >= 15 is 0 Å². The molecule has 1 aliphatic rings. The summed E-state index contributed by atoms with van der Waals surface area (Å²) in [4.78, 5) is 41.9. The fourth-order valence-electron chi connectivity index (χ4n) is 2.70. The van der Waals surface area contributed by atoms with Crippen LogP contribution in [0.5, 0.6) is 0 Å². The van der Waals surface area contributed by atoms with Gasteiger partial charge in [0.15, 0.2) is 0 Å². The first kappa shape index (κ1) is 15.6. The van der Waals surface area contributed by atoms with Crippen molar-refractivity contribution in [3.05, 3.63) is 71.0 Å². The largest absolute Gasteiger partial charge is 0.363 e. The number of hydrogen-bond acceptors (Lipinski definition) is 7. The zero-order valence-corrected chi connectivity index (χ0v) is 13.5.